The zero-order valence-electron chi connectivity index (χ0n) is 14.4. The number of hydrogen-bond donors (Lipinski definition) is 1. The van der Waals surface area contributed by atoms with Crippen LogP contribution in [0.1, 0.15) is 25.8 Å². The van der Waals surface area contributed by atoms with Gasteiger partial charge in [0.15, 0.2) is 0 Å². The van der Waals surface area contributed by atoms with Crippen molar-refractivity contribution in [1.29, 1.82) is 0 Å². The molecule has 0 bridgehead atoms. The summed E-state index contributed by atoms with van der Waals surface area (Å²) in [5.41, 5.74) is 1.91. The van der Waals surface area contributed by atoms with Crippen LogP contribution < -0.4 is 5.32 Å². The highest BCUT2D eigenvalue weighted by molar-refractivity contribution is 5.83. The minimum Gasteiger partial charge on any atom is -0.383 e. The Morgan fingerprint density at radius 2 is 2.12 bits per heavy atom. The summed E-state index contributed by atoms with van der Waals surface area (Å²) in [4.78, 5) is 19.4. The Labute approximate surface area is 142 Å². The van der Waals surface area contributed by atoms with Gasteiger partial charge in [-0.2, -0.15) is 0 Å². The third-order valence-electron chi connectivity index (χ3n) is 4.82. The van der Waals surface area contributed by atoms with Crippen LogP contribution in [0.2, 0.25) is 0 Å². The molecular weight excluding hydrogens is 304 g/mol. The van der Waals surface area contributed by atoms with Crippen molar-refractivity contribution in [2.75, 3.05) is 33.4 Å². The zero-order valence-corrected chi connectivity index (χ0v) is 14.4. The maximum Gasteiger partial charge on any atom is 0.243 e. The maximum atomic E-state index is 12.6. The molecule has 130 valence electrons. The van der Waals surface area contributed by atoms with Crippen molar-refractivity contribution >= 4 is 16.9 Å². The van der Waals surface area contributed by atoms with Crippen molar-refractivity contribution in [3.8, 4) is 0 Å². The molecule has 2 aromatic rings. The Kier molecular flexibility index (Phi) is 5.48. The minimum atomic E-state index is -0.260. The van der Waals surface area contributed by atoms with E-state index >= 15 is 0 Å². The van der Waals surface area contributed by atoms with Crippen molar-refractivity contribution in [3.63, 3.8) is 0 Å². The number of amides is 1. The number of piperidine rings is 1. The Hall–Kier alpha value is -1.92. The molecule has 1 atom stereocenters. The van der Waals surface area contributed by atoms with Crippen LogP contribution in [-0.2, 0) is 9.53 Å². The third-order valence-corrected chi connectivity index (χ3v) is 4.82. The molecule has 1 saturated heterocycles. The van der Waals surface area contributed by atoms with Crippen LogP contribution in [-0.4, -0.2) is 59.8 Å². The Morgan fingerprint density at radius 3 is 2.88 bits per heavy atom. The first-order chi connectivity index (χ1) is 11.7. The Morgan fingerprint density at radius 1 is 1.38 bits per heavy atom. The van der Waals surface area contributed by atoms with Crippen molar-refractivity contribution < 1.29 is 9.53 Å². The molecule has 24 heavy (non-hydrogen) atoms. The predicted octanol–water partition coefficient (Wildman–Crippen LogP) is 1.82. The molecule has 2 heterocycles. The van der Waals surface area contributed by atoms with Crippen molar-refractivity contribution in [3.05, 3.63) is 30.6 Å². The van der Waals surface area contributed by atoms with Gasteiger partial charge in [0.05, 0.1) is 24.0 Å². The van der Waals surface area contributed by atoms with Crippen LogP contribution in [0.25, 0.3) is 11.0 Å². The van der Waals surface area contributed by atoms with E-state index in [1.807, 2.05) is 35.8 Å². The fourth-order valence-electron chi connectivity index (χ4n) is 3.26. The van der Waals surface area contributed by atoms with E-state index in [1.165, 1.54) is 0 Å². The van der Waals surface area contributed by atoms with Crippen LogP contribution in [0.3, 0.4) is 0 Å². The number of para-hydroxylation sites is 2. The number of imidazole rings is 1. The summed E-state index contributed by atoms with van der Waals surface area (Å²) in [7, 11) is 1.73. The van der Waals surface area contributed by atoms with Crippen molar-refractivity contribution in [2.24, 2.45) is 0 Å². The number of nitrogens with zero attached hydrogens (tertiary/aromatic N) is 3. The van der Waals surface area contributed by atoms with E-state index in [2.05, 4.69) is 15.2 Å². The van der Waals surface area contributed by atoms with Gasteiger partial charge in [-0.05, 0) is 31.9 Å². The minimum absolute atomic E-state index is 0.0634. The lowest BCUT2D eigenvalue weighted by molar-refractivity contribution is -0.124. The number of methoxy groups -OCH3 is 1. The molecule has 1 aromatic heterocycles. The van der Waals surface area contributed by atoms with Crippen LogP contribution in [0, 0.1) is 0 Å². The fraction of sp³-hybridized carbons (Fsp3) is 0.556. The molecule has 1 unspecified atom stereocenters. The number of benzene rings is 1. The molecule has 1 amide bonds. The van der Waals surface area contributed by atoms with Gasteiger partial charge in [0, 0.05) is 32.8 Å². The van der Waals surface area contributed by atoms with Crippen molar-refractivity contribution in [2.45, 2.75) is 31.8 Å². The quantitative estimate of drug-likeness (QED) is 0.878. The average molecular weight is 330 g/mol. The highest BCUT2D eigenvalue weighted by Gasteiger charge is 2.23. The topological polar surface area (TPSA) is 59.4 Å². The lowest BCUT2D eigenvalue weighted by atomic mass is 10.0. The molecule has 1 fully saturated rings. The van der Waals surface area contributed by atoms with Gasteiger partial charge in [-0.25, -0.2) is 4.98 Å². The van der Waals surface area contributed by atoms with Crippen LogP contribution in [0.15, 0.2) is 30.6 Å². The first-order valence-corrected chi connectivity index (χ1v) is 8.62. The van der Waals surface area contributed by atoms with Gasteiger partial charge >= 0.3 is 0 Å². The molecule has 0 radical (unpaired) electrons. The molecular formula is C18H26N4O2. The lowest BCUT2D eigenvalue weighted by Crippen LogP contribution is -2.46. The summed E-state index contributed by atoms with van der Waals surface area (Å²) in [6.45, 7) is 5.68. The number of aromatic nitrogens is 2. The standard InChI is InChI=1S/C18H26N4O2/c1-14(22-13-19-16-5-3-4-6-17(16)22)18(23)20-15-7-9-21(10-8-15)11-12-24-2/h3-6,13-15H,7-12H2,1-2H3,(H,20,23). The summed E-state index contributed by atoms with van der Waals surface area (Å²) >= 11 is 0. The van der Waals surface area contributed by atoms with Gasteiger partial charge in [-0.3, -0.25) is 4.79 Å². The smallest absolute Gasteiger partial charge is 0.243 e. The largest absolute Gasteiger partial charge is 0.383 e. The SMILES string of the molecule is COCCN1CCC(NC(=O)C(C)n2cnc3ccccc32)CC1. The highest BCUT2D eigenvalue weighted by atomic mass is 16.5. The monoisotopic (exact) mass is 330 g/mol. The number of nitrogens with one attached hydrogen (secondary N) is 1. The summed E-state index contributed by atoms with van der Waals surface area (Å²) in [6, 6.07) is 7.90. The van der Waals surface area contributed by atoms with E-state index in [-0.39, 0.29) is 18.0 Å². The third kappa shape index (κ3) is 3.76. The first kappa shape index (κ1) is 16.9. The number of carbonyl (C=O) groups is 1. The van der Waals surface area contributed by atoms with E-state index in [4.69, 9.17) is 4.74 Å². The van der Waals surface area contributed by atoms with Gasteiger partial charge in [-0.15, -0.1) is 0 Å². The second-order valence-electron chi connectivity index (χ2n) is 6.43. The summed E-state index contributed by atoms with van der Waals surface area (Å²) in [6.07, 6.45) is 3.74. The maximum absolute atomic E-state index is 12.6. The molecule has 1 aliphatic rings. The predicted molar refractivity (Wildman–Crippen MR) is 93.9 cm³/mol. The number of hydrogen-bond acceptors (Lipinski definition) is 4. The van der Waals surface area contributed by atoms with Gasteiger partial charge in [-0.1, -0.05) is 12.1 Å². The van der Waals surface area contributed by atoms with Crippen LogP contribution in [0.5, 0.6) is 0 Å². The van der Waals surface area contributed by atoms with Crippen LogP contribution in [0.4, 0.5) is 0 Å². The molecule has 1 aliphatic heterocycles. The Balaban J connectivity index is 1.55. The summed E-state index contributed by atoms with van der Waals surface area (Å²) < 4.78 is 7.07. The van der Waals surface area contributed by atoms with E-state index in [1.54, 1.807) is 13.4 Å². The van der Waals surface area contributed by atoms with Crippen molar-refractivity contribution in [1.82, 2.24) is 19.8 Å². The number of ether oxygens (including phenoxy) is 1. The molecule has 0 saturated carbocycles. The summed E-state index contributed by atoms with van der Waals surface area (Å²) in [5, 5.41) is 3.20. The average Bonchev–Trinajstić information content (AvgIpc) is 3.04. The van der Waals surface area contributed by atoms with E-state index in [9.17, 15) is 4.79 Å². The summed E-state index contributed by atoms with van der Waals surface area (Å²) in [5.74, 6) is 0.0634. The van der Waals surface area contributed by atoms with Crippen LogP contribution >= 0.6 is 0 Å². The van der Waals surface area contributed by atoms with Gasteiger partial charge in [0.1, 0.15) is 6.04 Å². The molecule has 0 aliphatic carbocycles. The molecule has 6 heteroatoms. The number of rotatable bonds is 6. The zero-order chi connectivity index (χ0) is 16.9. The number of carbonyl (C=O) groups excluding carboxylic acids is 1. The fourth-order valence-corrected chi connectivity index (χ4v) is 3.26. The number of likely N-dealkylation sites (tertiary alicyclic amines) is 1. The molecule has 3 rings (SSSR count). The Bertz CT molecular complexity index is 676. The normalized spacial score (nSPS) is 17.9. The molecule has 1 aromatic carbocycles. The molecule has 0 spiro atoms. The highest BCUT2D eigenvalue weighted by Crippen LogP contribution is 2.18. The van der Waals surface area contributed by atoms with E-state index < -0.39 is 0 Å². The molecule has 6 nitrogen and oxygen atoms in total. The van der Waals surface area contributed by atoms with E-state index in [0.717, 1.165) is 50.1 Å². The van der Waals surface area contributed by atoms with Gasteiger partial charge in [0.25, 0.3) is 0 Å². The number of fused-ring (bicyclic) bond motifs is 1. The lowest BCUT2D eigenvalue weighted by Gasteiger charge is -2.32. The van der Waals surface area contributed by atoms with Gasteiger partial charge in [0.2, 0.25) is 5.91 Å². The molecule has 1 N–H and O–H groups in total. The second-order valence-corrected chi connectivity index (χ2v) is 6.43. The second kappa shape index (κ2) is 7.77. The first-order valence-electron chi connectivity index (χ1n) is 8.62. The van der Waals surface area contributed by atoms with Gasteiger partial charge < -0.3 is 19.5 Å². The van der Waals surface area contributed by atoms with E-state index in [0.29, 0.717) is 0 Å².